The van der Waals surface area contributed by atoms with Gasteiger partial charge in [-0.1, -0.05) is 6.42 Å². The molecule has 0 rings (SSSR count). The zero-order chi connectivity index (χ0) is 17.0. The molecule has 0 spiro atoms. The number of carboxylic acid groups (broad SMARTS) is 1. The van der Waals surface area contributed by atoms with Crippen molar-refractivity contribution in [3.05, 3.63) is 0 Å². The van der Waals surface area contributed by atoms with Crippen LogP contribution in [0.1, 0.15) is 32.1 Å². The Morgan fingerprint density at radius 3 is 2.45 bits per heavy atom. The Morgan fingerprint density at radius 2 is 1.91 bits per heavy atom. The molecule has 9 nitrogen and oxygen atoms in total. The molecule has 0 aliphatic carbocycles. The quantitative estimate of drug-likeness (QED) is 0.220. The number of carbonyl (C=O) groups is 3. The molecule has 0 aromatic rings. The number of nitrogens with one attached hydrogen (secondary N) is 2. The third-order valence-corrected chi connectivity index (χ3v) is 2.81. The fourth-order valence-electron chi connectivity index (χ4n) is 1.64. The summed E-state index contributed by atoms with van der Waals surface area (Å²) < 4.78 is 0. The predicted octanol–water partition coefficient (Wildman–Crippen LogP) is -1.40. The van der Waals surface area contributed by atoms with Crippen molar-refractivity contribution < 1.29 is 24.6 Å². The molecule has 0 aromatic heterocycles. The molecule has 0 fully saturated rings. The number of hydrogen-bond acceptors (Lipinski definition) is 6. The SMILES string of the molecule is C=N[C@@H](O)CNC(=O)C(CC(=O)O)NC(=O)CCCCCN. The van der Waals surface area contributed by atoms with Gasteiger partial charge in [0.1, 0.15) is 6.04 Å². The first-order chi connectivity index (χ1) is 10.4. The number of rotatable bonds is 12. The molecule has 0 bridgehead atoms. The molecule has 0 aliphatic rings. The zero-order valence-electron chi connectivity index (χ0n) is 12.5. The van der Waals surface area contributed by atoms with E-state index in [0.29, 0.717) is 13.0 Å². The Morgan fingerprint density at radius 1 is 1.23 bits per heavy atom. The fraction of sp³-hybridized carbons (Fsp3) is 0.692. The topological polar surface area (TPSA) is 154 Å². The predicted molar refractivity (Wildman–Crippen MR) is 80.3 cm³/mol. The maximum absolute atomic E-state index is 11.8. The van der Waals surface area contributed by atoms with Gasteiger partial charge in [0.2, 0.25) is 11.8 Å². The Hall–Kier alpha value is -2.00. The number of carboxylic acids is 1. The Bertz CT molecular complexity index is 389. The number of unbranched alkanes of at least 4 members (excludes halogenated alkanes) is 2. The maximum atomic E-state index is 11.8. The summed E-state index contributed by atoms with van der Waals surface area (Å²) in [5.74, 6) is -2.31. The summed E-state index contributed by atoms with van der Waals surface area (Å²) in [6.45, 7) is 3.45. The van der Waals surface area contributed by atoms with Crippen molar-refractivity contribution in [2.24, 2.45) is 10.7 Å². The van der Waals surface area contributed by atoms with E-state index in [9.17, 15) is 14.4 Å². The van der Waals surface area contributed by atoms with Gasteiger partial charge in [-0.15, -0.1) is 0 Å². The van der Waals surface area contributed by atoms with E-state index in [1.165, 1.54) is 0 Å². The monoisotopic (exact) mass is 316 g/mol. The second-order valence-electron chi connectivity index (χ2n) is 4.73. The van der Waals surface area contributed by atoms with E-state index in [0.717, 1.165) is 12.8 Å². The normalized spacial score (nSPS) is 13.0. The lowest BCUT2D eigenvalue weighted by Gasteiger charge is -2.17. The number of hydrogen-bond donors (Lipinski definition) is 5. The Kier molecular flexibility index (Phi) is 10.6. The van der Waals surface area contributed by atoms with Crippen LogP contribution in [0.3, 0.4) is 0 Å². The van der Waals surface area contributed by atoms with Gasteiger partial charge in [-0.3, -0.25) is 19.4 Å². The Balaban J connectivity index is 4.37. The zero-order valence-corrected chi connectivity index (χ0v) is 12.5. The van der Waals surface area contributed by atoms with Crippen molar-refractivity contribution in [3.8, 4) is 0 Å². The average Bonchev–Trinajstić information content (AvgIpc) is 2.47. The highest BCUT2D eigenvalue weighted by molar-refractivity contribution is 5.90. The van der Waals surface area contributed by atoms with Crippen LogP contribution < -0.4 is 16.4 Å². The lowest BCUT2D eigenvalue weighted by Crippen LogP contribution is -2.49. The van der Waals surface area contributed by atoms with Crippen LogP contribution >= 0.6 is 0 Å². The summed E-state index contributed by atoms with van der Waals surface area (Å²) >= 11 is 0. The lowest BCUT2D eigenvalue weighted by atomic mass is 10.1. The van der Waals surface area contributed by atoms with Crippen molar-refractivity contribution in [2.45, 2.75) is 44.4 Å². The highest BCUT2D eigenvalue weighted by Crippen LogP contribution is 2.01. The second kappa shape index (κ2) is 11.6. The minimum absolute atomic E-state index is 0.195. The number of aliphatic hydroxyl groups is 1. The van der Waals surface area contributed by atoms with Gasteiger partial charge in [-0.2, -0.15) is 0 Å². The molecular formula is C13H24N4O5. The van der Waals surface area contributed by atoms with Crippen molar-refractivity contribution >= 4 is 24.5 Å². The molecule has 0 aliphatic heterocycles. The van der Waals surface area contributed by atoms with E-state index in [4.69, 9.17) is 15.9 Å². The highest BCUT2D eigenvalue weighted by atomic mass is 16.4. The van der Waals surface area contributed by atoms with E-state index >= 15 is 0 Å². The van der Waals surface area contributed by atoms with E-state index in [-0.39, 0.29) is 13.0 Å². The lowest BCUT2D eigenvalue weighted by molar-refractivity contribution is -0.140. The molecular weight excluding hydrogens is 292 g/mol. The van der Waals surface area contributed by atoms with E-state index in [2.05, 4.69) is 22.3 Å². The largest absolute Gasteiger partial charge is 0.481 e. The van der Waals surface area contributed by atoms with Crippen LogP contribution in [0, 0.1) is 0 Å². The number of aliphatic hydroxyl groups excluding tert-OH is 1. The van der Waals surface area contributed by atoms with Gasteiger partial charge in [0.15, 0.2) is 6.23 Å². The minimum atomic E-state index is -1.22. The molecule has 2 atom stereocenters. The van der Waals surface area contributed by atoms with Crippen molar-refractivity contribution in [1.82, 2.24) is 10.6 Å². The standard InChI is InChI=1S/C13H24N4O5/c1-15-11(19)8-16-13(22)9(7-12(20)21)17-10(18)5-3-2-4-6-14/h9,11,19H,1-8,14H2,(H,16,22)(H,17,18)(H,20,21)/t9?,11-/m0/s1. The first kappa shape index (κ1) is 20.0. The molecule has 9 heteroatoms. The third-order valence-electron chi connectivity index (χ3n) is 2.81. The van der Waals surface area contributed by atoms with Gasteiger partial charge >= 0.3 is 5.97 Å². The molecule has 0 aromatic carbocycles. The third kappa shape index (κ3) is 9.83. The summed E-state index contributed by atoms with van der Waals surface area (Å²) in [6.07, 6.45) is 0.679. The smallest absolute Gasteiger partial charge is 0.305 e. The van der Waals surface area contributed by atoms with Crippen LogP contribution in [0.15, 0.2) is 4.99 Å². The van der Waals surface area contributed by atoms with Gasteiger partial charge in [-0.05, 0) is 26.1 Å². The Labute approximate surface area is 129 Å². The van der Waals surface area contributed by atoms with E-state index in [1.54, 1.807) is 0 Å². The highest BCUT2D eigenvalue weighted by Gasteiger charge is 2.23. The number of nitrogens with two attached hydrogens (primary N) is 1. The van der Waals surface area contributed by atoms with Gasteiger partial charge < -0.3 is 26.6 Å². The molecule has 0 heterocycles. The van der Waals surface area contributed by atoms with E-state index < -0.39 is 36.5 Å². The summed E-state index contributed by atoms with van der Waals surface area (Å²) in [6, 6.07) is -1.20. The molecule has 22 heavy (non-hydrogen) atoms. The maximum Gasteiger partial charge on any atom is 0.305 e. The van der Waals surface area contributed by atoms with Crippen LogP contribution in [-0.4, -0.2) is 60.1 Å². The summed E-state index contributed by atoms with van der Waals surface area (Å²) in [4.78, 5) is 37.6. The number of aliphatic imine (C=N–C) groups is 1. The fourth-order valence-corrected chi connectivity index (χ4v) is 1.64. The molecule has 6 N–H and O–H groups in total. The van der Waals surface area contributed by atoms with Crippen LogP contribution in [0.25, 0.3) is 0 Å². The molecule has 126 valence electrons. The van der Waals surface area contributed by atoms with Gasteiger partial charge in [-0.25, -0.2) is 0 Å². The summed E-state index contributed by atoms with van der Waals surface area (Å²) in [5, 5.41) is 22.6. The first-order valence-electron chi connectivity index (χ1n) is 7.03. The van der Waals surface area contributed by atoms with Gasteiger partial charge in [0, 0.05) is 6.42 Å². The van der Waals surface area contributed by atoms with Crippen LogP contribution in [0.2, 0.25) is 0 Å². The summed E-state index contributed by atoms with van der Waals surface area (Å²) in [7, 11) is 0. The van der Waals surface area contributed by atoms with E-state index in [1.807, 2.05) is 0 Å². The van der Waals surface area contributed by atoms with Crippen LogP contribution in [0.4, 0.5) is 0 Å². The van der Waals surface area contributed by atoms with Crippen molar-refractivity contribution in [1.29, 1.82) is 0 Å². The molecule has 1 unspecified atom stereocenters. The summed E-state index contributed by atoms with van der Waals surface area (Å²) in [5.41, 5.74) is 5.34. The van der Waals surface area contributed by atoms with Gasteiger partial charge in [0.05, 0.1) is 13.0 Å². The van der Waals surface area contributed by atoms with Crippen LogP contribution in [-0.2, 0) is 14.4 Å². The average molecular weight is 316 g/mol. The number of carbonyl (C=O) groups excluding carboxylic acids is 2. The number of aliphatic carboxylic acids is 1. The molecule has 0 saturated heterocycles. The first-order valence-corrected chi connectivity index (χ1v) is 7.03. The molecule has 0 saturated carbocycles. The van der Waals surface area contributed by atoms with Crippen molar-refractivity contribution in [2.75, 3.05) is 13.1 Å². The number of nitrogens with zero attached hydrogens (tertiary/aromatic N) is 1. The molecule has 2 amide bonds. The van der Waals surface area contributed by atoms with Crippen molar-refractivity contribution in [3.63, 3.8) is 0 Å². The molecule has 0 radical (unpaired) electrons. The minimum Gasteiger partial charge on any atom is -0.481 e. The van der Waals surface area contributed by atoms with Gasteiger partial charge in [0.25, 0.3) is 0 Å². The number of amides is 2. The van der Waals surface area contributed by atoms with Crippen LogP contribution in [0.5, 0.6) is 0 Å². The second-order valence-corrected chi connectivity index (χ2v) is 4.73.